The second-order valence-corrected chi connectivity index (χ2v) is 10.5. The maximum Gasteiger partial charge on any atom is 0.361 e. The average molecular weight is 471 g/mol. The number of aryl methyl sites for hydroxylation is 2. The van der Waals surface area contributed by atoms with Gasteiger partial charge >= 0.3 is 15.9 Å². The minimum atomic E-state index is -4.30. The molecule has 0 saturated carbocycles. The zero-order chi connectivity index (χ0) is 23.5. The summed E-state index contributed by atoms with van der Waals surface area (Å²) in [5.41, 5.74) is 2.47. The van der Waals surface area contributed by atoms with Gasteiger partial charge < -0.3 is 0 Å². The lowest BCUT2D eigenvalue weighted by atomic mass is 10.0. The minimum Gasteiger partial charge on any atom is -0.297 e. The molecule has 166 valence electrons. The number of carbonyl (C=O) groups excluding carboxylic acids is 2. The lowest BCUT2D eigenvalue weighted by Crippen LogP contribution is -2.61. The van der Waals surface area contributed by atoms with Crippen LogP contribution in [-0.4, -0.2) is 37.6 Å². The van der Waals surface area contributed by atoms with Gasteiger partial charge in [-0.2, -0.15) is 8.42 Å². The predicted octanol–water partition coefficient (Wildman–Crippen LogP) is 4.74. The number of halogens is 1. The van der Waals surface area contributed by atoms with E-state index < -0.39 is 25.9 Å². The fourth-order valence-electron chi connectivity index (χ4n) is 3.83. The Balaban J connectivity index is 2.23. The highest BCUT2D eigenvalue weighted by Crippen LogP contribution is 2.31. The molecule has 0 N–H and O–H groups in total. The molecule has 7 heteroatoms. The molecule has 0 aliphatic heterocycles. The van der Waals surface area contributed by atoms with Crippen molar-refractivity contribution in [2.24, 2.45) is 0 Å². The van der Waals surface area contributed by atoms with Crippen molar-refractivity contribution in [2.75, 3.05) is 7.05 Å². The summed E-state index contributed by atoms with van der Waals surface area (Å²) in [6.07, 6.45) is 0.520. The molecule has 0 spiro atoms. The van der Waals surface area contributed by atoms with E-state index in [9.17, 15) is 18.0 Å². The third-order valence-electron chi connectivity index (χ3n) is 5.59. The first-order valence-electron chi connectivity index (χ1n) is 10.1. The zero-order valence-electron chi connectivity index (χ0n) is 18.2. The van der Waals surface area contributed by atoms with Crippen LogP contribution >= 0.6 is 11.6 Å². The Hall–Kier alpha value is -2.80. The molecule has 0 radical (unpaired) electrons. The monoisotopic (exact) mass is 470 g/mol. The van der Waals surface area contributed by atoms with Gasteiger partial charge in [-0.15, -0.1) is 3.89 Å². The second-order valence-electron chi connectivity index (χ2n) is 7.96. The highest BCUT2D eigenvalue weighted by atomic mass is 35.5. The smallest absolute Gasteiger partial charge is 0.297 e. The number of rotatable bonds is 7. The largest absolute Gasteiger partial charge is 0.361 e. The summed E-state index contributed by atoms with van der Waals surface area (Å²) in [6.45, 7) is 3.67. The first kappa shape index (κ1) is 23.9. The summed E-state index contributed by atoms with van der Waals surface area (Å²) in [5, 5.41) is 0.404. The van der Waals surface area contributed by atoms with Crippen LogP contribution < -0.4 is 0 Å². The predicted molar refractivity (Wildman–Crippen MR) is 125 cm³/mol. The van der Waals surface area contributed by atoms with E-state index in [1.54, 1.807) is 54.6 Å². The fourth-order valence-corrected chi connectivity index (χ4v) is 5.79. The van der Waals surface area contributed by atoms with E-state index in [1.165, 1.54) is 19.2 Å². The number of likely N-dealkylation sites (N-methyl/N-ethyl adjacent to an activating group) is 1. The van der Waals surface area contributed by atoms with E-state index in [0.717, 1.165) is 11.1 Å². The zero-order valence-corrected chi connectivity index (χ0v) is 19.7. The summed E-state index contributed by atoms with van der Waals surface area (Å²) in [7, 11) is -3.01. The molecule has 1 unspecified atom stereocenters. The molecule has 3 aromatic carbocycles. The Morgan fingerprint density at radius 3 is 2.09 bits per heavy atom. The Bertz CT molecular complexity index is 1240. The molecule has 0 heterocycles. The molecule has 3 aromatic rings. The van der Waals surface area contributed by atoms with Crippen LogP contribution in [0.3, 0.4) is 0 Å². The molecule has 0 aliphatic carbocycles. The van der Waals surface area contributed by atoms with Gasteiger partial charge in [0.25, 0.3) is 0 Å². The Labute approximate surface area is 193 Å². The van der Waals surface area contributed by atoms with Gasteiger partial charge in [-0.05, 0) is 60.9 Å². The van der Waals surface area contributed by atoms with E-state index >= 15 is 0 Å². The lowest BCUT2D eigenvalue weighted by Gasteiger charge is -2.35. The first-order chi connectivity index (χ1) is 15.1. The van der Waals surface area contributed by atoms with Gasteiger partial charge in [0.15, 0.2) is 12.3 Å². The number of carbonyl (C=O) groups is 2. The van der Waals surface area contributed by atoms with E-state index in [4.69, 9.17) is 11.6 Å². The Morgan fingerprint density at radius 2 is 1.53 bits per heavy atom. The molecule has 32 heavy (non-hydrogen) atoms. The highest BCUT2D eigenvalue weighted by Gasteiger charge is 2.52. The van der Waals surface area contributed by atoms with Gasteiger partial charge in [0, 0.05) is 11.4 Å². The molecule has 5 nitrogen and oxygen atoms in total. The fraction of sp³-hybridized carbons (Fsp3) is 0.200. The minimum absolute atomic E-state index is 0.0116. The number of quaternary nitrogens is 1. The average Bonchev–Trinajstić information content (AvgIpc) is 2.77. The maximum absolute atomic E-state index is 13.9. The van der Waals surface area contributed by atoms with Crippen molar-refractivity contribution >= 4 is 33.8 Å². The van der Waals surface area contributed by atoms with Crippen LogP contribution in [0.15, 0.2) is 77.7 Å². The number of benzene rings is 3. The molecule has 0 bridgehead atoms. The number of aldehydes is 1. The second kappa shape index (κ2) is 9.36. The first-order valence-corrected chi connectivity index (χ1v) is 11.9. The van der Waals surface area contributed by atoms with Gasteiger partial charge in [-0.1, -0.05) is 54.1 Å². The van der Waals surface area contributed by atoms with Crippen molar-refractivity contribution < 1.29 is 21.9 Å². The van der Waals surface area contributed by atoms with E-state index in [1.807, 2.05) is 19.9 Å². The third-order valence-corrected chi connectivity index (χ3v) is 8.26. The van der Waals surface area contributed by atoms with E-state index in [-0.39, 0.29) is 16.9 Å². The van der Waals surface area contributed by atoms with Crippen molar-refractivity contribution in [3.8, 4) is 0 Å². The maximum atomic E-state index is 13.9. The van der Waals surface area contributed by atoms with Crippen molar-refractivity contribution in [2.45, 2.75) is 31.2 Å². The van der Waals surface area contributed by atoms with Gasteiger partial charge in [0.1, 0.15) is 4.90 Å². The summed E-state index contributed by atoms with van der Waals surface area (Å²) < 4.78 is 26.6. The molecule has 0 saturated heterocycles. The van der Waals surface area contributed by atoms with Gasteiger partial charge in [-0.25, -0.2) is 4.79 Å². The van der Waals surface area contributed by atoms with Crippen molar-refractivity contribution in [3.63, 3.8) is 0 Å². The molecular formula is C25H25ClNO4S+. The summed E-state index contributed by atoms with van der Waals surface area (Å²) in [5.74, 6) is -0.676. The molecule has 0 aliphatic rings. The van der Waals surface area contributed by atoms with Crippen molar-refractivity contribution in [3.05, 3.63) is 100 Å². The Morgan fingerprint density at radius 1 is 0.969 bits per heavy atom. The number of nitrogens with zero attached hydrogens (tertiary/aromatic N) is 1. The van der Waals surface area contributed by atoms with Crippen LogP contribution in [0, 0.1) is 13.8 Å². The SMILES string of the molecule is Cc1cc(C)cc(C(=O)[N+](C)([C@H](C=O)Cc2ccccc2Cl)S(=O)(=O)c2ccccc2)c1. The molecular weight excluding hydrogens is 446 g/mol. The molecule has 0 fully saturated rings. The van der Waals surface area contributed by atoms with Gasteiger partial charge in [0.05, 0.1) is 12.6 Å². The van der Waals surface area contributed by atoms with Crippen LogP contribution in [0.25, 0.3) is 0 Å². The summed E-state index contributed by atoms with van der Waals surface area (Å²) in [4.78, 5) is 26.2. The molecule has 0 aromatic heterocycles. The van der Waals surface area contributed by atoms with E-state index in [0.29, 0.717) is 16.9 Å². The van der Waals surface area contributed by atoms with Crippen LogP contribution in [0.5, 0.6) is 0 Å². The standard InChI is InChI=1S/C25H25ClNO4S/c1-18-13-19(2)15-21(14-18)25(29)27(3,32(30,31)23-10-5-4-6-11-23)22(17-28)16-20-9-7-8-12-24(20)26/h4-15,17,22H,16H2,1-3H3/q+1/t22-,27?/m0/s1. The van der Waals surface area contributed by atoms with Crippen molar-refractivity contribution in [1.29, 1.82) is 0 Å². The summed E-state index contributed by atoms with van der Waals surface area (Å²) in [6, 6.07) is 18.6. The number of hydrogen-bond donors (Lipinski definition) is 0. The van der Waals surface area contributed by atoms with E-state index in [2.05, 4.69) is 0 Å². The molecule has 3 rings (SSSR count). The van der Waals surface area contributed by atoms with Crippen molar-refractivity contribution in [1.82, 2.24) is 0 Å². The number of sulfonamides is 1. The van der Waals surface area contributed by atoms with Crippen LogP contribution in [0.4, 0.5) is 0 Å². The lowest BCUT2D eigenvalue weighted by molar-refractivity contribution is -0.715. The number of amides is 1. The van der Waals surface area contributed by atoms with Crippen LogP contribution in [0.2, 0.25) is 5.02 Å². The van der Waals surface area contributed by atoms with Gasteiger partial charge in [-0.3, -0.25) is 4.79 Å². The topological polar surface area (TPSA) is 68.3 Å². The third kappa shape index (κ3) is 4.39. The summed E-state index contributed by atoms with van der Waals surface area (Å²) >= 11 is 6.29. The number of hydrogen-bond acceptors (Lipinski definition) is 4. The van der Waals surface area contributed by atoms with Gasteiger partial charge in [0.2, 0.25) is 0 Å². The normalized spacial score (nSPS) is 14.4. The molecule has 1 amide bonds. The quantitative estimate of drug-likeness (QED) is 0.369. The molecule has 2 atom stereocenters. The van der Waals surface area contributed by atoms with Crippen LogP contribution in [-0.2, 0) is 21.2 Å². The Kier molecular flexibility index (Phi) is 6.98. The highest BCUT2D eigenvalue weighted by molar-refractivity contribution is 7.86. The van der Waals surface area contributed by atoms with Crippen LogP contribution in [0.1, 0.15) is 27.0 Å².